The third kappa shape index (κ3) is 4.52. The van der Waals surface area contributed by atoms with Crippen molar-refractivity contribution in [1.82, 2.24) is 0 Å². The van der Waals surface area contributed by atoms with Crippen LogP contribution >= 0.6 is 0 Å². The van der Waals surface area contributed by atoms with E-state index in [0.29, 0.717) is 28.4 Å². The number of rotatable bonds is 7. The van der Waals surface area contributed by atoms with E-state index in [1.807, 2.05) is 6.08 Å². The molecule has 0 radical (unpaired) electrons. The van der Waals surface area contributed by atoms with Crippen molar-refractivity contribution >= 4 is 47.2 Å². The van der Waals surface area contributed by atoms with Gasteiger partial charge in [-0.05, 0) is 54.2 Å². The van der Waals surface area contributed by atoms with E-state index >= 15 is 0 Å². The first-order valence-corrected chi connectivity index (χ1v) is 15.6. The summed E-state index contributed by atoms with van der Waals surface area (Å²) in [4.78, 5) is 59.2. The van der Waals surface area contributed by atoms with Gasteiger partial charge in [0.15, 0.2) is 0 Å². The van der Waals surface area contributed by atoms with Gasteiger partial charge in [-0.2, -0.15) is 0 Å². The Morgan fingerprint density at radius 1 is 0.723 bits per heavy atom. The second-order valence-corrected chi connectivity index (χ2v) is 12.4. The molecule has 3 fully saturated rings. The SMILES string of the molecule is C=Cc1ccc(N2C(=O)[C@H]3[C@H](CC=C4[C@H]3C[C@H]3C(=O)N(c5ccc(C=C)cc5)C(=O)[C@H]3[C@H]4c3c(O)cc(OC)cc3OC)C2=O)cc1. The van der Waals surface area contributed by atoms with Crippen LogP contribution in [0.1, 0.15) is 35.4 Å². The van der Waals surface area contributed by atoms with Crippen molar-refractivity contribution in [1.29, 1.82) is 0 Å². The fraction of sp³-hybridized carbons (Fsp3) is 0.263. The van der Waals surface area contributed by atoms with E-state index in [0.717, 1.165) is 16.7 Å². The second kappa shape index (κ2) is 11.4. The molecule has 0 aromatic heterocycles. The summed E-state index contributed by atoms with van der Waals surface area (Å²) in [6, 6.07) is 17.1. The average Bonchev–Trinajstić information content (AvgIpc) is 3.50. The fourth-order valence-electron chi connectivity index (χ4n) is 8.12. The minimum atomic E-state index is -0.872. The maximum Gasteiger partial charge on any atom is 0.238 e. The van der Waals surface area contributed by atoms with Crippen molar-refractivity contribution in [2.45, 2.75) is 18.8 Å². The third-order valence-electron chi connectivity index (χ3n) is 10.3. The van der Waals surface area contributed by atoms with Crippen LogP contribution < -0.4 is 19.3 Å². The number of phenolic OH excluding ortho intramolecular Hbond substituents is 1. The predicted octanol–water partition coefficient (Wildman–Crippen LogP) is 5.74. The lowest BCUT2D eigenvalue weighted by Gasteiger charge is -2.44. The van der Waals surface area contributed by atoms with Gasteiger partial charge in [0.05, 0.1) is 49.3 Å². The summed E-state index contributed by atoms with van der Waals surface area (Å²) in [7, 11) is 2.93. The summed E-state index contributed by atoms with van der Waals surface area (Å²) in [6.07, 6.45) is 5.79. The summed E-state index contributed by atoms with van der Waals surface area (Å²) < 4.78 is 11.1. The van der Waals surface area contributed by atoms with Crippen LogP contribution in [0, 0.1) is 29.6 Å². The van der Waals surface area contributed by atoms with Crippen LogP contribution in [0.25, 0.3) is 12.2 Å². The summed E-state index contributed by atoms with van der Waals surface area (Å²) in [6.45, 7) is 7.56. The number of nitrogens with zero attached hydrogens (tertiary/aromatic N) is 2. The number of phenols is 1. The molecule has 0 unspecified atom stereocenters. The van der Waals surface area contributed by atoms with E-state index in [4.69, 9.17) is 9.47 Å². The Kier molecular flexibility index (Phi) is 7.34. The number of methoxy groups -OCH3 is 2. The van der Waals surface area contributed by atoms with Gasteiger partial charge in [0.1, 0.15) is 17.2 Å². The molecule has 9 nitrogen and oxygen atoms in total. The maximum absolute atomic E-state index is 14.4. The molecule has 238 valence electrons. The smallest absolute Gasteiger partial charge is 0.238 e. The van der Waals surface area contributed by atoms with Crippen molar-refractivity contribution in [2.24, 2.45) is 29.6 Å². The molecule has 6 atom stereocenters. The third-order valence-corrected chi connectivity index (χ3v) is 10.3. The first-order valence-electron chi connectivity index (χ1n) is 15.6. The summed E-state index contributed by atoms with van der Waals surface area (Å²) in [5, 5.41) is 11.5. The highest BCUT2D eigenvalue weighted by molar-refractivity contribution is 6.24. The van der Waals surface area contributed by atoms with Crippen LogP contribution in [0.15, 0.2) is 85.5 Å². The zero-order valence-corrected chi connectivity index (χ0v) is 26.1. The van der Waals surface area contributed by atoms with E-state index in [2.05, 4.69) is 13.2 Å². The van der Waals surface area contributed by atoms with Crippen LogP contribution in [0.5, 0.6) is 17.2 Å². The van der Waals surface area contributed by atoms with E-state index < -0.39 is 41.4 Å². The first kappa shape index (κ1) is 30.2. The molecule has 0 spiro atoms. The number of hydrogen-bond donors (Lipinski definition) is 1. The summed E-state index contributed by atoms with van der Waals surface area (Å²) in [5.74, 6) is -5.25. The Morgan fingerprint density at radius 3 is 1.81 bits per heavy atom. The Bertz CT molecular complexity index is 1880. The van der Waals surface area contributed by atoms with Crippen LogP contribution in [0.3, 0.4) is 0 Å². The molecule has 1 saturated carbocycles. The normalized spacial score (nSPS) is 26.4. The second-order valence-electron chi connectivity index (χ2n) is 12.4. The molecule has 9 heteroatoms. The van der Waals surface area contributed by atoms with Gasteiger partial charge in [0.25, 0.3) is 0 Å². The Balaban J connectivity index is 1.36. The van der Waals surface area contributed by atoms with Gasteiger partial charge in [0, 0.05) is 23.6 Å². The highest BCUT2D eigenvalue weighted by Gasteiger charge is 2.63. The van der Waals surface area contributed by atoms with E-state index in [1.165, 1.54) is 30.1 Å². The Hall–Kier alpha value is -5.44. The molecule has 1 N–H and O–H groups in total. The van der Waals surface area contributed by atoms with Crippen LogP contribution in [-0.4, -0.2) is 43.0 Å². The van der Waals surface area contributed by atoms with Gasteiger partial charge in [0.2, 0.25) is 23.6 Å². The van der Waals surface area contributed by atoms with Gasteiger partial charge in [-0.25, -0.2) is 0 Å². The largest absolute Gasteiger partial charge is 0.507 e. The van der Waals surface area contributed by atoms with Crippen molar-refractivity contribution in [3.05, 3.63) is 102 Å². The number of carbonyl (C=O) groups is 4. The van der Waals surface area contributed by atoms with Crippen LogP contribution in [0.4, 0.5) is 11.4 Å². The molecule has 4 amide bonds. The lowest BCUT2D eigenvalue weighted by Crippen LogP contribution is -2.43. The molecule has 7 rings (SSSR count). The monoisotopic (exact) mass is 630 g/mol. The number of amides is 4. The zero-order valence-electron chi connectivity index (χ0n) is 26.1. The molecular formula is C38H34N2O7. The summed E-state index contributed by atoms with van der Waals surface area (Å²) >= 11 is 0. The molecule has 0 bridgehead atoms. The quantitative estimate of drug-likeness (QED) is 0.262. The number of aromatic hydroxyl groups is 1. The van der Waals surface area contributed by atoms with E-state index in [-0.39, 0.29) is 36.3 Å². The Labute approximate surface area is 272 Å². The van der Waals surface area contributed by atoms with Crippen LogP contribution in [-0.2, 0) is 19.2 Å². The molecule has 3 aromatic carbocycles. The minimum absolute atomic E-state index is 0.152. The topological polar surface area (TPSA) is 113 Å². The van der Waals surface area contributed by atoms with Gasteiger partial charge in [-0.3, -0.25) is 29.0 Å². The van der Waals surface area contributed by atoms with Crippen LogP contribution in [0.2, 0.25) is 0 Å². The number of hydrogen-bond acceptors (Lipinski definition) is 7. The average molecular weight is 631 g/mol. The molecule has 2 aliphatic heterocycles. The fourth-order valence-corrected chi connectivity index (χ4v) is 8.12. The summed E-state index contributed by atoms with van der Waals surface area (Å²) in [5.41, 5.74) is 3.70. The van der Waals surface area contributed by atoms with E-state index in [1.54, 1.807) is 66.7 Å². The lowest BCUT2D eigenvalue weighted by molar-refractivity contribution is -0.126. The van der Waals surface area contributed by atoms with Crippen molar-refractivity contribution in [3.8, 4) is 17.2 Å². The Morgan fingerprint density at radius 2 is 1.28 bits per heavy atom. The number of imide groups is 2. The highest BCUT2D eigenvalue weighted by atomic mass is 16.5. The number of fused-ring (bicyclic) bond motifs is 4. The number of allylic oxidation sites excluding steroid dienone is 2. The molecule has 4 aliphatic rings. The maximum atomic E-state index is 14.4. The van der Waals surface area contributed by atoms with Gasteiger partial charge in [-0.15, -0.1) is 0 Å². The number of carbonyl (C=O) groups excluding carboxylic acids is 4. The van der Waals surface area contributed by atoms with Gasteiger partial charge in [-0.1, -0.05) is 61.2 Å². The van der Waals surface area contributed by atoms with Crippen molar-refractivity contribution < 1.29 is 33.8 Å². The molecule has 47 heavy (non-hydrogen) atoms. The zero-order chi connectivity index (χ0) is 33.1. The minimum Gasteiger partial charge on any atom is -0.507 e. The molecule has 2 aliphatic carbocycles. The van der Waals surface area contributed by atoms with E-state index in [9.17, 15) is 24.3 Å². The van der Waals surface area contributed by atoms with Crippen molar-refractivity contribution in [3.63, 3.8) is 0 Å². The highest BCUT2D eigenvalue weighted by Crippen LogP contribution is 2.60. The first-order chi connectivity index (χ1) is 22.7. The molecule has 3 aromatic rings. The lowest BCUT2D eigenvalue weighted by atomic mass is 9.57. The molecular weight excluding hydrogens is 596 g/mol. The van der Waals surface area contributed by atoms with Crippen molar-refractivity contribution in [2.75, 3.05) is 24.0 Å². The predicted molar refractivity (Wildman–Crippen MR) is 177 cm³/mol. The standard InChI is InChI=1S/C38H34N2O7/c1-5-20-7-11-22(12-8-20)39-35(42)26-16-15-25-27(31(26)37(39)44)19-28-33(32(25)34-29(41)17-24(46-3)18-30(34)47-4)38(45)40(36(28)43)23-13-9-21(6-2)10-14-23/h5-15,17-18,26-28,31-33,41H,1-2,16,19H2,3-4H3/t26-,27+,28+,31-,32-,33+/m0/s1. The number of anilines is 2. The van der Waals surface area contributed by atoms with Gasteiger partial charge >= 0.3 is 0 Å². The molecule has 2 saturated heterocycles. The number of benzene rings is 3. The number of ether oxygens (including phenoxy) is 2. The van der Waals surface area contributed by atoms with Gasteiger partial charge < -0.3 is 14.6 Å². The molecule has 2 heterocycles.